The molecule has 0 spiro atoms. The highest BCUT2D eigenvalue weighted by Gasteiger charge is 2.12. The summed E-state index contributed by atoms with van der Waals surface area (Å²) < 4.78 is 11.4. The number of nitrogens with zero attached hydrogens (tertiary/aromatic N) is 2. The molecule has 0 aliphatic rings. The molecule has 0 radical (unpaired) electrons. The number of nitrogen functional groups attached to an aromatic ring is 1. The van der Waals surface area contributed by atoms with E-state index in [-0.39, 0.29) is 11.4 Å². The Balaban J connectivity index is 2.52. The lowest BCUT2D eigenvalue weighted by Crippen LogP contribution is -2.32. The molecule has 0 saturated heterocycles. The lowest BCUT2D eigenvalue weighted by atomic mass is 10.1. The summed E-state index contributed by atoms with van der Waals surface area (Å²) in [7, 11) is 3.14. The minimum atomic E-state index is -0.401. The number of amidine groups is 1. The van der Waals surface area contributed by atoms with Crippen LogP contribution in [0.3, 0.4) is 0 Å². The van der Waals surface area contributed by atoms with Gasteiger partial charge in [-0.15, -0.1) is 0 Å². The third-order valence-electron chi connectivity index (χ3n) is 3.16. The van der Waals surface area contributed by atoms with Gasteiger partial charge in [-0.3, -0.25) is 10.2 Å². The number of hydrogen-bond acceptors (Lipinski definition) is 5. The summed E-state index contributed by atoms with van der Waals surface area (Å²) in [5.74, 6) is 0.441. The van der Waals surface area contributed by atoms with Gasteiger partial charge in [-0.25, -0.2) is 4.68 Å². The Kier molecular flexibility index (Phi) is 4.90. The van der Waals surface area contributed by atoms with Gasteiger partial charge in [0.15, 0.2) is 0 Å². The van der Waals surface area contributed by atoms with Crippen molar-refractivity contribution >= 4 is 5.84 Å². The smallest absolute Gasteiger partial charge is 0.277 e. The van der Waals surface area contributed by atoms with Crippen LogP contribution in [0.2, 0.25) is 0 Å². The summed E-state index contributed by atoms with van der Waals surface area (Å²) in [4.78, 5) is 12.2. The van der Waals surface area contributed by atoms with Crippen LogP contribution in [0.1, 0.15) is 5.56 Å². The van der Waals surface area contributed by atoms with Gasteiger partial charge < -0.3 is 15.2 Å². The van der Waals surface area contributed by atoms with Crippen LogP contribution in [0, 0.1) is 5.41 Å². The number of nitrogens with two attached hydrogens (primary N) is 1. The van der Waals surface area contributed by atoms with Crippen LogP contribution < -0.4 is 16.0 Å². The van der Waals surface area contributed by atoms with Crippen molar-refractivity contribution in [3.05, 3.63) is 46.2 Å². The predicted molar refractivity (Wildman–Crippen MR) is 83.4 cm³/mol. The lowest BCUT2D eigenvalue weighted by Gasteiger charge is -2.10. The maximum Gasteiger partial charge on any atom is 0.277 e. The quantitative estimate of drug-likeness (QED) is 0.608. The Bertz CT molecular complexity index is 723. The van der Waals surface area contributed by atoms with Gasteiger partial charge >= 0.3 is 0 Å². The number of methoxy groups -OCH3 is 2. The van der Waals surface area contributed by atoms with Gasteiger partial charge in [0.2, 0.25) is 0 Å². The van der Waals surface area contributed by atoms with Crippen LogP contribution in [-0.4, -0.2) is 36.4 Å². The van der Waals surface area contributed by atoms with Gasteiger partial charge in [-0.2, -0.15) is 5.10 Å². The summed E-state index contributed by atoms with van der Waals surface area (Å²) in [5.41, 5.74) is 6.58. The Morgan fingerprint density at radius 3 is 2.55 bits per heavy atom. The fraction of sp³-hybridized carbons (Fsp3) is 0.267. The van der Waals surface area contributed by atoms with Crippen LogP contribution in [-0.2, 0) is 11.3 Å². The molecule has 0 bridgehead atoms. The van der Waals surface area contributed by atoms with Crippen molar-refractivity contribution in [3.8, 4) is 17.0 Å². The highest BCUT2D eigenvalue weighted by Crippen LogP contribution is 2.20. The molecule has 3 N–H and O–H groups in total. The Hall–Kier alpha value is -2.67. The number of ether oxygens (including phenoxy) is 2. The van der Waals surface area contributed by atoms with Crippen LogP contribution in [0.25, 0.3) is 11.3 Å². The zero-order valence-electron chi connectivity index (χ0n) is 12.5. The Morgan fingerprint density at radius 1 is 1.32 bits per heavy atom. The number of aromatic nitrogens is 2. The molecule has 2 aromatic rings. The lowest BCUT2D eigenvalue weighted by molar-refractivity contribution is 0.182. The molecule has 1 aromatic carbocycles. The fourth-order valence-electron chi connectivity index (χ4n) is 1.97. The van der Waals surface area contributed by atoms with E-state index in [9.17, 15) is 4.79 Å². The van der Waals surface area contributed by atoms with E-state index < -0.39 is 5.56 Å². The molecule has 0 aliphatic carbocycles. The van der Waals surface area contributed by atoms with Crippen molar-refractivity contribution in [2.24, 2.45) is 5.73 Å². The van der Waals surface area contributed by atoms with E-state index in [1.807, 2.05) is 12.1 Å². The molecular weight excluding hydrogens is 284 g/mol. The SMILES string of the molecule is COCCn1nc(-c2ccc(OC)cc2)cc(C(=N)N)c1=O. The average molecular weight is 302 g/mol. The van der Waals surface area contributed by atoms with Crippen LogP contribution in [0.4, 0.5) is 0 Å². The van der Waals surface area contributed by atoms with Crippen molar-refractivity contribution in [3.63, 3.8) is 0 Å². The number of nitrogens with one attached hydrogen (secondary N) is 1. The summed E-state index contributed by atoms with van der Waals surface area (Å²) >= 11 is 0. The second kappa shape index (κ2) is 6.86. The maximum absolute atomic E-state index is 12.2. The highest BCUT2D eigenvalue weighted by atomic mass is 16.5. The molecule has 1 heterocycles. The first kappa shape index (κ1) is 15.7. The minimum absolute atomic E-state index is 0.122. The van der Waals surface area contributed by atoms with E-state index >= 15 is 0 Å². The average Bonchev–Trinajstić information content (AvgIpc) is 2.53. The van der Waals surface area contributed by atoms with Crippen molar-refractivity contribution in [2.45, 2.75) is 6.54 Å². The molecule has 0 unspecified atom stereocenters. The van der Waals surface area contributed by atoms with Gasteiger partial charge in [0, 0.05) is 12.7 Å². The van der Waals surface area contributed by atoms with E-state index in [1.54, 1.807) is 26.4 Å². The summed E-state index contributed by atoms with van der Waals surface area (Å²) in [6.07, 6.45) is 0. The second-order valence-electron chi connectivity index (χ2n) is 4.61. The number of benzene rings is 1. The maximum atomic E-state index is 12.2. The molecule has 2 rings (SSSR count). The summed E-state index contributed by atoms with van der Waals surface area (Å²) in [6, 6.07) is 8.78. The van der Waals surface area contributed by atoms with Gasteiger partial charge in [0.25, 0.3) is 5.56 Å². The largest absolute Gasteiger partial charge is 0.497 e. The number of hydrogen-bond donors (Lipinski definition) is 2. The van der Waals surface area contributed by atoms with Crippen molar-refractivity contribution < 1.29 is 9.47 Å². The molecule has 0 saturated carbocycles. The standard InChI is InChI=1S/C15H18N4O3/c1-21-8-7-19-15(20)12(14(16)17)9-13(18-19)10-3-5-11(22-2)6-4-10/h3-6,9H,7-8H2,1-2H3,(H3,16,17). The van der Waals surface area contributed by atoms with Crippen molar-refractivity contribution in [1.29, 1.82) is 5.41 Å². The van der Waals surface area contributed by atoms with Crippen LogP contribution in [0.15, 0.2) is 35.1 Å². The summed E-state index contributed by atoms with van der Waals surface area (Å²) in [6.45, 7) is 0.635. The van der Waals surface area contributed by atoms with Crippen LogP contribution >= 0.6 is 0 Å². The molecule has 7 nitrogen and oxygen atoms in total. The van der Waals surface area contributed by atoms with E-state index in [4.69, 9.17) is 20.6 Å². The molecule has 1 aromatic heterocycles. The first-order valence-electron chi connectivity index (χ1n) is 6.66. The Morgan fingerprint density at radius 2 is 2.00 bits per heavy atom. The van der Waals surface area contributed by atoms with Crippen LogP contribution in [0.5, 0.6) is 5.75 Å². The number of rotatable bonds is 6. The van der Waals surface area contributed by atoms with E-state index in [0.717, 1.165) is 11.3 Å². The molecule has 116 valence electrons. The topological polar surface area (TPSA) is 103 Å². The van der Waals surface area contributed by atoms with Crippen molar-refractivity contribution in [2.75, 3.05) is 20.8 Å². The van der Waals surface area contributed by atoms with E-state index in [2.05, 4.69) is 5.10 Å². The van der Waals surface area contributed by atoms with E-state index in [0.29, 0.717) is 18.8 Å². The second-order valence-corrected chi connectivity index (χ2v) is 4.61. The first-order chi connectivity index (χ1) is 10.6. The normalized spacial score (nSPS) is 10.5. The molecule has 0 aliphatic heterocycles. The zero-order valence-corrected chi connectivity index (χ0v) is 12.5. The van der Waals surface area contributed by atoms with Gasteiger partial charge in [-0.05, 0) is 30.3 Å². The highest BCUT2D eigenvalue weighted by molar-refractivity contribution is 5.95. The molecule has 7 heteroatoms. The van der Waals surface area contributed by atoms with Gasteiger partial charge in [-0.1, -0.05) is 0 Å². The monoisotopic (exact) mass is 302 g/mol. The van der Waals surface area contributed by atoms with E-state index in [1.165, 1.54) is 10.7 Å². The molecule has 0 fully saturated rings. The van der Waals surface area contributed by atoms with Gasteiger partial charge in [0.05, 0.1) is 31.5 Å². The zero-order chi connectivity index (χ0) is 16.1. The summed E-state index contributed by atoms with van der Waals surface area (Å²) in [5, 5.41) is 11.9. The Labute approximate surface area is 127 Å². The van der Waals surface area contributed by atoms with Gasteiger partial charge in [0.1, 0.15) is 11.6 Å². The predicted octanol–water partition coefficient (Wildman–Crippen LogP) is 0.849. The third-order valence-corrected chi connectivity index (χ3v) is 3.16. The molecule has 0 amide bonds. The molecule has 22 heavy (non-hydrogen) atoms. The molecular formula is C15H18N4O3. The third kappa shape index (κ3) is 3.32. The fourth-order valence-corrected chi connectivity index (χ4v) is 1.97. The van der Waals surface area contributed by atoms with Crippen molar-refractivity contribution in [1.82, 2.24) is 9.78 Å². The first-order valence-corrected chi connectivity index (χ1v) is 6.66. The molecule has 0 atom stereocenters. The minimum Gasteiger partial charge on any atom is -0.497 e.